The van der Waals surface area contributed by atoms with Crippen molar-refractivity contribution in [2.24, 2.45) is 7.05 Å². The van der Waals surface area contributed by atoms with Gasteiger partial charge in [0.05, 0.1) is 5.02 Å². The molecule has 0 aliphatic rings. The van der Waals surface area contributed by atoms with Gasteiger partial charge in [0.25, 0.3) is 0 Å². The standard InChI is InChI=1S/C12H12ClFN2O/c1-16-5-4-15-12(16)11(17)7-8-2-3-9(13)10(14)6-8/h2-6,11,17H,7H2,1H3. The first-order chi connectivity index (χ1) is 8.08. The molecule has 0 amide bonds. The summed E-state index contributed by atoms with van der Waals surface area (Å²) in [6.45, 7) is 0. The lowest BCUT2D eigenvalue weighted by Crippen LogP contribution is -2.08. The van der Waals surface area contributed by atoms with Crippen LogP contribution >= 0.6 is 11.6 Å². The molecule has 0 fully saturated rings. The van der Waals surface area contributed by atoms with Gasteiger partial charge in [-0.3, -0.25) is 0 Å². The van der Waals surface area contributed by atoms with Crippen molar-refractivity contribution in [3.05, 3.63) is 52.8 Å². The molecule has 2 rings (SSSR count). The monoisotopic (exact) mass is 254 g/mol. The minimum Gasteiger partial charge on any atom is -0.385 e. The van der Waals surface area contributed by atoms with Crippen molar-refractivity contribution in [1.29, 1.82) is 0 Å². The summed E-state index contributed by atoms with van der Waals surface area (Å²) in [5, 5.41) is 10.0. The predicted molar refractivity (Wildman–Crippen MR) is 63.3 cm³/mol. The van der Waals surface area contributed by atoms with Crippen LogP contribution in [0.25, 0.3) is 0 Å². The van der Waals surface area contributed by atoms with Crippen LogP contribution < -0.4 is 0 Å². The molecule has 1 heterocycles. The summed E-state index contributed by atoms with van der Waals surface area (Å²) in [5.41, 5.74) is 0.683. The highest BCUT2D eigenvalue weighted by atomic mass is 35.5. The number of halogens is 2. The maximum atomic E-state index is 13.2. The molecule has 1 atom stereocenters. The van der Waals surface area contributed by atoms with Gasteiger partial charge in [-0.1, -0.05) is 17.7 Å². The third kappa shape index (κ3) is 2.65. The molecule has 0 radical (unpaired) electrons. The van der Waals surface area contributed by atoms with Crippen LogP contribution in [0.15, 0.2) is 30.6 Å². The minimum absolute atomic E-state index is 0.0835. The lowest BCUT2D eigenvalue weighted by molar-refractivity contribution is 0.165. The fraction of sp³-hybridized carbons (Fsp3) is 0.250. The molecular weight excluding hydrogens is 243 g/mol. The van der Waals surface area contributed by atoms with E-state index < -0.39 is 11.9 Å². The fourth-order valence-corrected chi connectivity index (χ4v) is 1.80. The van der Waals surface area contributed by atoms with Gasteiger partial charge in [-0.25, -0.2) is 9.37 Å². The number of aliphatic hydroxyl groups excluding tert-OH is 1. The quantitative estimate of drug-likeness (QED) is 0.914. The smallest absolute Gasteiger partial charge is 0.142 e. The number of imidazole rings is 1. The summed E-state index contributed by atoms with van der Waals surface area (Å²) in [7, 11) is 1.80. The van der Waals surface area contributed by atoms with Crippen molar-refractivity contribution in [3.8, 4) is 0 Å². The maximum Gasteiger partial charge on any atom is 0.142 e. The topological polar surface area (TPSA) is 38.0 Å². The van der Waals surface area contributed by atoms with E-state index in [4.69, 9.17) is 11.6 Å². The second kappa shape index (κ2) is 4.85. The second-order valence-electron chi connectivity index (χ2n) is 3.86. The van der Waals surface area contributed by atoms with Gasteiger partial charge in [-0.2, -0.15) is 0 Å². The number of hydrogen-bond acceptors (Lipinski definition) is 2. The van der Waals surface area contributed by atoms with Crippen LogP contribution in [-0.4, -0.2) is 14.7 Å². The van der Waals surface area contributed by atoms with Crippen LogP contribution in [0.5, 0.6) is 0 Å². The van der Waals surface area contributed by atoms with E-state index in [1.165, 1.54) is 12.1 Å². The van der Waals surface area contributed by atoms with E-state index in [9.17, 15) is 9.50 Å². The zero-order valence-electron chi connectivity index (χ0n) is 9.27. The van der Waals surface area contributed by atoms with Gasteiger partial charge in [0.1, 0.15) is 17.7 Å². The number of aliphatic hydroxyl groups is 1. The Kier molecular flexibility index (Phi) is 3.45. The molecule has 17 heavy (non-hydrogen) atoms. The summed E-state index contributed by atoms with van der Waals surface area (Å²) >= 11 is 5.59. The van der Waals surface area contributed by atoms with E-state index in [0.717, 1.165) is 0 Å². The summed E-state index contributed by atoms with van der Waals surface area (Å²) in [5.74, 6) is 0.0802. The Bertz CT molecular complexity index is 527. The van der Waals surface area contributed by atoms with Gasteiger partial charge in [-0.15, -0.1) is 0 Å². The van der Waals surface area contributed by atoms with Crippen molar-refractivity contribution in [1.82, 2.24) is 9.55 Å². The maximum absolute atomic E-state index is 13.2. The zero-order chi connectivity index (χ0) is 12.4. The highest BCUT2D eigenvalue weighted by Gasteiger charge is 2.13. The summed E-state index contributed by atoms with van der Waals surface area (Å²) < 4.78 is 15.0. The summed E-state index contributed by atoms with van der Waals surface area (Å²) in [6, 6.07) is 4.50. The van der Waals surface area contributed by atoms with Crippen molar-refractivity contribution >= 4 is 11.6 Å². The molecule has 5 heteroatoms. The van der Waals surface area contributed by atoms with Crippen molar-refractivity contribution in [2.75, 3.05) is 0 Å². The average Bonchev–Trinajstić information content (AvgIpc) is 2.70. The number of nitrogens with zero attached hydrogens (tertiary/aromatic N) is 2. The molecule has 0 saturated heterocycles. The van der Waals surface area contributed by atoms with Crippen LogP contribution in [-0.2, 0) is 13.5 Å². The van der Waals surface area contributed by atoms with E-state index in [0.29, 0.717) is 17.8 Å². The van der Waals surface area contributed by atoms with Gasteiger partial charge in [0.2, 0.25) is 0 Å². The molecule has 1 unspecified atom stereocenters. The Hall–Kier alpha value is -1.39. The number of rotatable bonds is 3. The highest BCUT2D eigenvalue weighted by molar-refractivity contribution is 6.30. The molecule has 0 aliphatic heterocycles. The van der Waals surface area contributed by atoms with Crippen molar-refractivity contribution in [3.63, 3.8) is 0 Å². The van der Waals surface area contributed by atoms with Gasteiger partial charge in [-0.05, 0) is 17.7 Å². The normalized spacial score (nSPS) is 12.7. The lowest BCUT2D eigenvalue weighted by Gasteiger charge is -2.10. The van der Waals surface area contributed by atoms with E-state index in [1.807, 2.05) is 0 Å². The molecule has 0 aliphatic carbocycles. The molecule has 3 nitrogen and oxygen atoms in total. The Labute approximate surface area is 103 Å². The number of benzene rings is 1. The Morgan fingerprint density at radius 1 is 1.53 bits per heavy atom. The van der Waals surface area contributed by atoms with Crippen LogP contribution in [0.4, 0.5) is 4.39 Å². The zero-order valence-corrected chi connectivity index (χ0v) is 10.0. The molecule has 90 valence electrons. The lowest BCUT2D eigenvalue weighted by atomic mass is 10.1. The molecule has 1 aromatic heterocycles. The predicted octanol–water partition coefficient (Wildman–Crippen LogP) is 2.49. The van der Waals surface area contributed by atoms with Crippen molar-refractivity contribution in [2.45, 2.75) is 12.5 Å². The fourth-order valence-electron chi connectivity index (χ4n) is 1.68. The minimum atomic E-state index is -0.754. The van der Waals surface area contributed by atoms with E-state index in [-0.39, 0.29) is 5.02 Å². The average molecular weight is 255 g/mol. The first-order valence-corrected chi connectivity index (χ1v) is 5.55. The van der Waals surface area contributed by atoms with Gasteiger partial charge >= 0.3 is 0 Å². The molecule has 0 bridgehead atoms. The number of aryl methyl sites for hydroxylation is 1. The molecular formula is C12H12ClFN2O. The summed E-state index contributed by atoms with van der Waals surface area (Å²) in [4.78, 5) is 4.04. The Morgan fingerprint density at radius 2 is 2.29 bits per heavy atom. The molecule has 0 spiro atoms. The third-order valence-electron chi connectivity index (χ3n) is 2.57. The van der Waals surface area contributed by atoms with E-state index in [1.54, 1.807) is 30.1 Å². The largest absolute Gasteiger partial charge is 0.385 e. The molecule has 2 aromatic rings. The van der Waals surface area contributed by atoms with Crippen LogP contribution in [0.2, 0.25) is 5.02 Å². The second-order valence-corrected chi connectivity index (χ2v) is 4.27. The molecule has 1 aromatic carbocycles. The van der Waals surface area contributed by atoms with E-state index >= 15 is 0 Å². The number of hydrogen-bond donors (Lipinski definition) is 1. The van der Waals surface area contributed by atoms with E-state index in [2.05, 4.69) is 4.98 Å². The Balaban J connectivity index is 2.16. The molecule has 1 N–H and O–H groups in total. The van der Waals surface area contributed by atoms with Gasteiger partial charge < -0.3 is 9.67 Å². The first kappa shape index (κ1) is 12.1. The summed E-state index contributed by atoms with van der Waals surface area (Å²) in [6.07, 6.45) is 2.91. The van der Waals surface area contributed by atoms with Crippen LogP contribution in [0.1, 0.15) is 17.5 Å². The SMILES string of the molecule is Cn1ccnc1C(O)Cc1ccc(Cl)c(F)c1. The van der Waals surface area contributed by atoms with Gasteiger partial charge in [0, 0.05) is 25.9 Å². The number of aromatic nitrogens is 2. The molecule has 0 saturated carbocycles. The van der Waals surface area contributed by atoms with Crippen LogP contribution in [0.3, 0.4) is 0 Å². The Morgan fingerprint density at radius 3 is 2.88 bits per heavy atom. The van der Waals surface area contributed by atoms with Gasteiger partial charge in [0.15, 0.2) is 0 Å². The first-order valence-electron chi connectivity index (χ1n) is 5.17. The highest BCUT2D eigenvalue weighted by Crippen LogP contribution is 2.20. The van der Waals surface area contributed by atoms with Crippen LogP contribution in [0, 0.1) is 5.82 Å². The van der Waals surface area contributed by atoms with Crippen molar-refractivity contribution < 1.29 is 9.50 Å². The third-order valence-corrected chi connectivity index (χ3v) is 2.88.